The van der Waals surface area contributed by atoms with Crippen molar-refractivity contribution in [3.63, 3.8) is 0 Å². The SMILES string of the molecule is CCC(C)(O)C(=O)N[C@@H](C)C(=O)N1C(=O)C(C)c2ccccc2-c2c(N)cccc21. The quantitative estimate of drug-likeness (QED) is 0.672. The van der Waals surface area contributed by atoms with Crippen LogP contribution < -0.4 is 16.0 Å². The third-order valence-electron chi connectivity index (χ3n) is 5.72. The van der Waals surface area contributed by atoms with Gasteiger partial charge in [0.2, 0.25) is 5.91 Å². The Morgan fingerprint density at radius 2 is 1.90 bits per heavy atom. The molecule has 4 N–H and O–H groups in total. The van der Waals surface area contributed by atoms with Crippen molar-refractivity contribution >= 4 is 29.1 Å². The number of fused-ring (bicyclic) bond motifs is 3. The molecule has 3 amide bonds. The number of aliphatic hydroxyl groups is 1. The van der Waals surface area contributed by atoms with Crippen LogP contribution in [0, 0.1) is 0 Å². The summed E-state index contributed by atoms with van der Waals surface area (Å²) in [7, 11) is 0. The molecule has 0 aromatic heterocycles. The Kier molecular flexibility index (Phi) is 5.67. The van der Waals surface area contributed by atoms with E-state index in [9.17, 15) is 19.5 Å². The molecule has 0 saturated heterocycles. The third kappa shape index (κ3) is 3.57. The highest BCUT2D eigenvalue weighted by Gasteiger charge is 2.39. The summed E-state index contributed by atoms with van der Waals surface area (Å²) < 4.78 is 0. The van der Waals surface area contributed by atoms with Crippen molar-refractivity contribution in [3.8, 4) is 11.1 Å². The summed E-state index contributed by atoms with van der Waals surface area (Å²) in [6.07, 6.45) is 0.189. The van der Waals surface area contributed by atoms with Gasteiger partial charge in [-0.2, -0.15) is 0 Å². The number of carbonyl (C=O) groups excluding carboxylic acids is 3. The molecule has 0 saturated carbocycles. The van der Waals surface area contributed by atoms with Gasteiger partial charge in [0.05, 0.1) is 11.6 Å². The average molecular weight is 409 g/mol. The maximum absolute atomic E-state index is 13.4. The van der Waals surface area contributed by atoms with E-state index in [1.165, 1.54) is 13.8 Å². The predicted molar refractivity (Wildman–Crippen MR) is 116 cm³/mol. The molecular formula is C23H27N3O4. The van der Waals surface area contributed by atoms with E-state index in [4.69, 9.17) is 5.73 Å². The van der Waals surface area contributed by atoms with Gasteiger partial charge in [0, 0.05) is 11.3 Å². The Morgan fingerprint density at radius 1 is 1.23 bits per heavy atom. The van der Waals surface area contributed by atoms with Crippen LogP contribution in [-0.4, -0.2) is 34.5 Å². The topological polar surface area (TPSA) is 113 Å². The van der Waals surface area contributed by atoms with Crippen LogP contribution in [0.5, 0.6) is 0 Å². The molecule has 1 aliphatic rings. The van der Waals surface area contributed by atoms with Gasteiger partial charge >= 0.3 is 0 Å². The number of carbonyl (C=O) groups is 3. The Balaban J connectivity index is 2.08. The minimum absolute atomic E-state index is 0.189. The molecule has 3 rings (SSSR count). The highest BCUT2D eigenvalue weighted by Crippen LogP contribution is 2.44. The van der Waals surface area contributed by atoms with Crippen LogP contribution in [0.1, 0.15) is 45.6 Å². The zero-order valence-corrected chi connectivity index (χ0v) is 17.6. The fraction of sp³-hybridized carbons (Fsp3) is 0.348. The first kappa shape index (κ1) is 21.5. The van der Waals surface area contributed by atoms with E-state index in [1.54, 1.807) is 32.0 Å². The van der Waals surface area contributed by atoms with Crippen molar-refractivity contribution < 1.29 is 19.5 Å². The molecule has 2 aromatic carbocycles. The number of benzene rings is 2. The summed E-state index contributed by atoms with van der Waals surface area (Å²) in [5.41, 5.74) is 7.67. The van der Waals surface area contributed by atoms with Crippen molar-refractivity contribution in [2.24, 2.45) is 0 Å². The fourth-order valence-electron chi connectivity index (χ4n) is 3.58. The van der Waals surface area contributed by atoms with Gasteiger partial charge in [0.15, 0.2) is 0 Å². The molecule has 0 spiro atoms. The second kappa shape index (κ2) is 7.91. The molecule has 30 heavy (non-hydrogen) atoms. The smallest absolute Gasteiger partial charge is 0.256 e. The van der Waals surface area contributed by atoms with E-state index in [-0.39, 0.29) is 6.42 Å². The summed E-state index contributed by atoms with van der Waals surface area (Å²) in [5, 5.41) is 12.7. The minimum atomic E-state index is -1.61. The van der Waals surface area contributed by atoms with E-state index >= 15 is 0 Å². The fourth-order valence-corrected chi connectivity index (χ4v) is 3.58. The first-order valence-electron chi connectivity index (χ1n) is 9.99. The number of rotatable bonds is 4. The number of amides is 3. The molecule has 7 nitrogen and oxygen atoms in total. The standard InChI is InChI=1S/C23H27N3O4/c1-5-23(4,30)22(29)25-14(3)21(28)26-18-12-8-11-17(24)19(18)16-10-7-6-9-15(16)13(2)20(26)27/h6-14,30H,5,24H2,1-4H3,(H,25,29)/t13?,14-,23?/m0/s1. The van der Waals surface area contributed by atoms with E-state index in [2.05, 4.69) is 5.32 Å². The maximum atomic E-state index is 13.4. The van der Waals surface area contributed by atoms with Crippen LogP contribution in [0.4, 0.5) is 11.4 Å². The van der Waals surface area contributed by atoms with Crippen molar-refractivity contribution in [3.05, 3.63) is 48.0 Å². The van der Waals surface area contributed by atoms with E-state index in [1.807, 2.05) is 24.3 Å². The third-order valence-corrected chi connectivity index (χ3v) is 5.72. The predicted octanol–water partition coefficient (Wildman–Crippen LogP) is 2.58. The van der Waals surface area contributed by atoms with Gasteiger partial charge in [-0.05, 0) is 50.5 Å². The molecule has 0 bridgehead atoms. The van der Waals surface area contributed by atoms with Crippen molar-refractivity contribution in [1.82, 2.24) is 5.32 Å². The number of nitrogens with two attached hydrogens (primary N) is 1. The highest BCUT2D eigenvalue weighted by molar-refractivity contribution is 6.22. The molecule has 0 fully saturated rings. The molecule has 1 heterocycles. The number of hydrogen-bond acceptors (Lipinski definition) is 5. The average Bonchev–Trinajstić information content (AvgIpc) is 2.81. The van der Waals surface area contributed by atoms with Gasteiger partial charge in [0.25, 0.3) is 11.8 Å². The van der Waals surface area contributed by atoms with Gasteiger partial charge in [-0.15, -0.1) is 0 Å². The first-order valence-corrected chi connectivity index (χ1v) is 9.99. The Labute approximate surface area is 175 Å². The minimum Gasteiger partial charge on any atom is -0.398 e. The Bertz CT molecular complexity index is 1020. The molecule has 158 valence electrons. The highest BCUT2D eigenvalue weighted by atomic mass is 16.3. The van der Waals surface area contributed by atoms with Gasteiger partial charge in [-0.1, -0.05) is 37.3 Å². The number of nitrogen functional groups attached to an aromatic ring is 1. The normalized spacial score (nSPS) is 18.5. The Hall–Kier alpha value is -3.19. The molecule has 3 atom stereocenters. The monoisotopic (exact) mass is 409 g/mol. The molecular weight excluding hydrogens is 382 g/mol. The van der Waals surface area contributed by atoms with E-state index in [0.29, 0.717) is 16.9 Å². The number of hydrogen-bond donors (Lipinski definition) is 3. The van der Waals surface area contributed by atoms with Crippen LogP contribution in [0.2, 0.25) is 0 Å². The van der Waals surface area contributed by atoms with Crippen LogP contribution >= 0.6 is 0 Å². The largest absolute Gasteiger partial charge is 0.398 e. The Morgan fingerprint density at radius 3 is 2.57 bits per heavy atom. The summed E-state index contributed by atoms with van der Waals surface area (Å²) in [5.74, 6) is -2.25. The van der Waals surface area contributed by atoms with Crippen molar-refractivity contribution in [1.29, 1.82) is 0 Å². The van der Waals surface area contributed by atoms with Gasteiger partial charge in [-0.25, -0.2) is 4.90 Å². The summed E-state index contributed by atoms with van der Waals surface area (Å²) in [6, 6.07) is 11.5. The summed E-state index contributed by atoms with van der Waals surface area (Å²) >= 11 is 0. The lowest BCUT2D eigenvalue weighted by atomic mass is 9.92. The summed E-state index contributed by atoms with van der Waals surface area (Å²) in [4.78, 5) is 40.2. The second-order valence-electron chi connectivity index (χ2n) is 7.88. The zero-order valence-electron chi connectivity index (χ0n) is 17.6. The van der Waals surface area contributed by atoms with E-state index < -0.39 is 35.3 Å². The van der Waals surface area contributed by atoms with Crippen molar-refractivity contribution in [2.45, 2.75) is 51.7 Å². The zero-order chi connectivity index (χ0) is 22.2. The van der Waals surface area contributed by atoms with Gasteiger partial charge < -0.3 is 16.2 Å². The lowest BCUT2D eigenvalue weighted by molar-refractivity contribution is -0.141. The maximum Gasteiger partial charge on any atom is 0.256 e. The van der Waals surface area contributed by atoms with Crippen molar-refractivity contribution in [2.75, 3.05) is 10.6 Å². The van der Waals surface area contributed by atoms with Crippen LogP contribution in [0.15, 0.2) is 42.5 Å². The number of imide groups is 1. The second-order valence-corrected chi connectivity index (χ2v) is 7.88. The molecule has 0 aliphatic carbocycles. The first-order chi connectivity index (χ1) is 14.1. The lowest BCUT2D eigenvalue weighted by Crippen LogP contribution is -2.54. The number of nitrogens with zero attached hydrogens (tertiary/aromatic N) is 1. The van der Waals surface area contributed by atoms with Crippen LogP contribution in [0.25, 0.3) is 11.1 Å². The molecule has 2 unspecified atom stereocenters. The molecule has 2 aromatic rings. The molecule has 0 radical (unpaired) electrons. The van der Waals surface area contributed by atoms with Gasteiger partial charge in [0.1, 0.15) is 11.6 Å². The number of nitrogens with one attached hydrogen (secondary N) is 1. The number of anilines is 2. The van der Waals surface area contributed by atoms with Crippen LogP contribution in [0.3, 0.4) is 0 Å². The van der Waals surface area contributed by atoms with Crippen LogP contribution in [-0.2, 0) is 14.4 Å². The molecule has 1 aliphatic heterocycles. The van der Waals surface area contributed by atoms with E-state index in [0.717, 1.165) is 16.0 Å². The molecule has 7 heteroatoms. The lowest BCUT2D eigenvalue weighted by Gasteiger charge is -2.28. The van der Waals surface area contributed by atoms with Gasteiger partial charge in [-0.3, -0.25) is 14.4 Å². The summed E-state index contributed by atoms with van der Waals surface area (Å²) in [6.45, 7) is 6.29.